The minimum Gasteiger partial charge on any atom is -0.461 e. The summed E-state index contributed by atoms with van der Waals surface area (Å²) in [5.41, 5.74) is 0.0835. The maximum Gasteiger partial charge on any atom is 0.410 e. The van der Waals surface area contributed by atoms with E-state index in [1.165, 1.54) is 15.9 Å². The number of hydrogen-bond acceptors (Lipinski definition) is 7. The normalized spacial score (nSPS) is 21.5. The second kappa shape index (κ2) is 12.6. The van der Waals surface area contributed by atoms with Crippen LogP contribution in [-0.4, -0.2) is 83.0 Å². The number of esters is 1. The number of hydrogen-bond donors (Lipinski definition) is 2. The molecule has 4 amide bonds. The van der Waals surface area contributed by atoms with Crippen molar-refractivity contribution in [1.29, 1.82) is 0 Å². The first-order valence-electron chi connectivity index (χ1n) is 12.7. The van der Waals surface area contributed by atoms with Crippen LogP contribution in [0.15, 0.2) is 43.0 Å². The quantitative estimate of drug-likeness (QED) is 0.367. The Hall–Kier alpha value is -3.89. The number of likely N-dealkylation sites (tertiary alicyclic amines) is 1. The molecule has 2 fully saturated rings. The molecule has 0 spiro atoms. The number of piperazine rings is 1. The predicted octanol–water partition coefficient (Wildman–Crippen LogP) is 1.52. The van der Waals surface area contributed by atoms with Crippen LogP contribution in [0.25, 0.3) is 0 Å². The van der Waals surface area contributed by atoms with E-state index < -0.39 is 53.5 Å². The van der Waals surface area contributed by atoms with Gasteiger partial charge in [-0.25, -0.2) is 4.79 Å². The molecule has 11 heteroatoms. The first-order chi connectivity index (χ1) is 18.0. The highest BCUT2D eigenvalue weighted by atomic mass is 16.6. The lowest BCUT2D eigenvalue weighted by atomic mass is 10.0. The molecule has 0 bridgehead atoms. The summed E-state index contributed by atoms with van der Waals surface area (Å²) in [6.45, 7) is 9.08. The van der Waals surface area contributed by atoms with Gasteiger partial charge in [-0.1, -0.05) is 43.0 Å². The lowest BCUT2D eigenvalue weighted by molar-refractivity contribution is -0.154. The van der Waals surface area contributed by atoms with Crippen LogP contribution in [0.1, 0.15) is 45.6 Å². The van der Waals surface area contributed by atoms with Gasteiger partial charge in [-0.2, -0.15) is 0 Å². The Morgan fingerprint density at radius 3 is 2.55 bits per heavy atom. The average Bonchev–Trinajstić information content (AvgIpc) is 3.35. The zero-order valence-corrected chi connectivity index (χ0v) is 22.1. The van der Waals surface area contributed by atoms with Crippen molar-refractivity contribution in [2.24, 2.45) is 0 Å². The molecule has 38 heavy (non-hydrogen) atoms. The topological polar surface area (TPSA) is 134 Å². The number of carbonyl (C=O) groups excluding carboxylic acids is 5. The van der Waals surface area contributed by atoms with Crippen molar-refractivity contribution in [1.82, 2.24) is 20.4 Å². The van der Waals surface area contributed by atoms with Gasteiger partial charge in [-0.05, 0) is 39.2 Å². The maximum atomic E-state index is 13.4. The standard InChI is InChI=1S/C27H36N4O7/c1-5-14-37-22(32)15-19-25(35)31(17-18-10-7-6-8-11-18)21(24(34)29-19)16-28-23(33)20-12-9-13-30(20)26(36)38-27(2,3)4/h5-8,10-11,19-21H,1,9,12-17H2,2-4H3,(H,28,33)(H,29,34)/t19-,20-,21-/m0/s1. The van der Waals surface area contributed by atoms with Gasteiger partial charge in [0.1, 0.15) is 30.3 Å². The molecule has 0 radical (unpaired) electrons. The SMILES string of the molecule is C=CCOC(=O)C[C@@H]1NC(=O)[C@H](CNC(=O)[C@@H]2CCCN2C(=O)OC(C)(C)C)N(Cc2ccccc2)C1=O. The highest BCUT2D eigenvalue weighted by molar-refractivity contribution is 5.99. The minimum atomic E-state index is -1.09. The van der Waals surface area contributed by atoms with Gasteiger partial charge in [-0.3, -0.25) is 24.1 Å². The molecule has 2 aliphatic rings. The summed E-state index contributed by atoms with van der Waals surface area (Å²) in [6, 6.07) is 6.27. The fourth-order valence-electron chi connectivity index (χ4n) is 4.41. The van der Waals surface area contributed by atoms with Gasteiger partial charge in [0.15, 0.2) is 0 Å². The lowest BCUT2D eigenvalue weighted by Crippen LogP contribution is -2.66. The van der Waals surface area contributed by atoms with Crippen molar-refractivity contribution in [3.8, 4) is 0 Å². The Morgan fingerprint density at radius 1 is 1.18 bits per heavy atom. The van der Waals surface area contributed by atoms with Gasteiger partial charge in [0.05, 0.1) is 6.42 Å². The molecule has 2 aliphatic heterocycles. The summed E-state index contributed by atoms with van der Waals surface area (Å²) in [7, 11) is 0. The Balaban J connectivity index is 1.71. The van der Waals surface area contributed by atoms with Crippen LogP contribution in [0.3, 0.4) is 0 Å². The molecule has 206 valence electrons. The van der Waals surface area contributed by atoms with E-state index in [0.29, 0.717) is 19.4 Å². The summed E-state index contributed by atoms with van der Waals surface area (Å²) in [5, 5.41) is 5.34. The van der Waals surface area contributed by atoms with Gasteiger partial charge in [-0.15, -0.1) is 0 Å². The summed E-state index contributed by atoms with van der Waals surface area (Å²) < 4.78 is 10.4. The second-order valence-corrected chi connectivity index (χ2v) is 10.3. The molecule has 2 saturated heterocycles. The Bertz CT molecular complexity index is 1050. The number of carbonyl (C=O) groups is 5. The molecule has 0 unspecified atom stereocenters. The average molecular weight is 529 g/mol. The van der Waals surface area contributed by atoms with Crippen molar-refractivity contribution in [3.63, 3.8) is 0 Å². The van der Waals surface area contributed by atoms with Crippen LogP contribution >= 0.6 is 0 Å². The van der Waals surface area contributed by atoms with E-state index in [1.807, 2.05) is 30.3 Å². The zero-order chi connectivity index (χ0) is 27.9. The lowest BCUT2D eigenvalue weighted by Gasteiger charge is -2.39. The van der Waals surface area contributed by atoms with E-state index in [0.717, 1.165) is 5.56 Å². The Kier molecular flexibility index (Phi) is 9.49. The van der Waals surface area contributed by atoms with E-state index in [1.54, 1.807) is 20.8 Å². The zero-order valence-electron chi connectivity index (χ0n) is 22.1. The van der Waals surface area contributed by atoms with Crippen molar-refractivity contribution in [2.75, 3.05) is 19.7 Å². The summed E-state index contributed by atoms with van der Waals surface area (Å²) in [5.74, 6) is -2.03. The molecule has 11 nitrogen and oxygen atoms in total. The molecule has 2 N–H and O–H groups in total. The predicted molar refractivity (Wildman–Crippen MR) is 137 cm³/mol. The third-order valence-corrected chi connectivity index (χ3v) is 6.16. The van der Waals surface area contributed by atoms with E-state index in [-0.39, 0.29) is 26.1 Å². The first-order valence-corrected chi connectivity index (χ1v) is 12.7. The van der Waals surface area contributed by atoms with Crippen LogP contribution in [0.5, 0.6) is 0 Å². The summed E-state index contributed by atoms with van der Waals surface area (Å²) in [4.78, 5) is 67.0. The molecule has 1 aromatic carbocycles. The second-order valence-electron chi connectivity index (χ2n) is 10.3. The van der Waals surface area contributed by atoms with Crippen molar-refractivity contribution >= 4 is 29.8 Å². The highest BCUT2D eigenvalue weighted by Crippen LogP contribution is 2.22. The van der Waals surface area contributed by atoms with Crippen LogP contribution in [0.2, 0.25) is 0 Å². The van der Waals surface area contributed by atoms with Gasteiger partial charge in [0.25, 0.3) is 0 Å². The Morgan fingerprint density at radius 2 is 1.89 bits per heavy atom. The third kappa shape index (κ3) is 7.56. The monoisotopic (exact) mass is 528 g/mol. The van der Waals surface area contributed by atoms with Gasteiger partial charge in [0, 0.05) is 19.6 Å². The number of benzene rings is 1. The molecule has 0 aliphatic carbocycles. The fourth-order valence-corrected chi connectivity index (χ4v) is 4.41. The highest BCUT2D eigenvalue weighted by Gasteiger charge is 2.43. The minimum absolute atomic E-state index is 0.00242. The molecule has 1 aromatic rings. The Labute approximate surface area is 222 Å². The summed E-state index contributed by atoms with van der Waals surface area (Å²) >= 11 is 0. The molecule has 3 atom stereocenters. The number of rotatable bonds is 9. The van der Waals surface area contributed by atoms with Crippen molar-refractivity contribution < 1.29 is 33.4 Å². The number of nitrogens with zero attached hydrogens (tertiary/aromatic N) is 2. The van der Waals surface area contributed by atoms with Gasteiger partial charge >= 0.3 is 12.1 Å². The largest absolute Gasteiger partial charge is 0.461 e. The molecule has 3 rings (SSSR count). The number of nitrogens with one attached hydrogen (secondary N) is 2. The number of ether oxygens (including phenoxy) is 2. The molecular weight excluding hydrogens is 492 g/mol. The summed E-state index contributed by atoms with van der Waals surface area (Å²) in [6.07, 6.45) is 1.62. The van der Waals surface area contributed by atoms with E-state index in [9.17, 15) is 24.0 Å². The molecule has 2 heterocycles. The first kappa shape index (κ1) is 28.7. The molecule has 0 aromatic heterocycles. The van der Waals surface area contributed by atoms with Crippen LogP contribution in [0, 0.1) is 0 Å². The smallest absolute Gasteiger partial charge is 0.410 e. The maximum absolute atomic E-state index is 13.4. The molecular formula is C27H36N4O7. The van der Waals surface area contributed by atoms with Gasteiger partial charge < -0.3 is 25.0 Å². The van der Waals surface area contributed by atoms with Gasteiger partial charge in [0.2, 0.25) is 17.7 Å². The molecule has 0 saturated carbocycles. The van der Waals surface area contributed by atoms with E-state index in [2.05, 4.69) is 17.2 Å². The van der Waals surface area contributed by atoms with E-state index in [4.69, 9.17) is 9.47 Å². The fraction of sp³-hybridized carbons (Fsp3) is 0.519. The van der Waals surface area contributed by atoms with Crippen LogP contribution in [0.4, 0.5) is 4.79 Å². The van der Waals surface area contributed by atoms with Crippen molar-refractivity contribution in [3.05, 3.63) is 48.6 Å². The van der Waals surface area contributed by atoms with Crippen molar-refractivity contribution in [2.45, 2.75) is 70.3 Å². The van der Waals surface area contributed by atoms with Crippen LogP contribution < -0.4 is 10.6 Å². The number of amides is 4. The third-order valence-electron chi connectivity index (χ3n) is 6.16. The van der Waals surface area contributed by atoms with Crippen LogP contribution in [-0.2, 0) is 35.2 Å². The van der Waals surface area contributed by atoms with E-state index >= 15 is 0 Å².